The number of hydrogen-bond donors (Lipinski definition) is 1. The van der Waals surface area contributed by atoms with Crippen molar-refractivity contribution >= 4 is 17.6 Å². The lowest BCUT2D eigenvalue weighted by Crippen LogP contribution is -2.16. The van der Waals surface area contributed by atoms with Crippen LogP contribution in [0.5, 0.6) is 0 Å². The molecule has 0 amide bonds. The fourth-order valence-corrected chi connectivity index (χ4v) is 4.56. The zero-order chi connectivity index (χ0) is 26.5. The summed E-state index contributed by atoms with van der Waals surface area (Å²) in [5.41, 5.74) is 4.04. The zero-order valence-electron chi connectivity index (χ0n) is 20.0. The molecule has 1 aromatic heterocycles. The van der Waals surface area contributed by atoms with E-state index in [0.29, 0.717) is 16.7 Å². The Morgan fingerprint density at radius 2 is 1.59 bits per heavy atom. The van der Waals surface area contributed by atoms with Crippen LogP contribution in [0.1, 0.15) is 40.6 Å². The van der Waals surface area contributed by atoms with E-state index in [2.05, 4.69) is 5.18 Å². The number of nitroso groups, excluding NO2 is 1. The second kappa shape index (κ2) is 11.3. The summed E-state index contributed by atoms with van der Waals surface area (Å²) in [6.07, 6.45) is 1.71. The largest absolute Gasteiger partial charge is 0.481 e. The van der Waals surface area contributed by atoms with Gasteiger partial charge in [-0.3, -0.25) is 9.59 Å². The molecule has 1 heterocycles. The number of carboxylic acids is 1. The van der Waals surface area contributed by atoms with Crippen LogP contribution in [0.25, 0.3) is 11.1 Å². The molecular weight excluding hydrogens is 495 g/mol. The van der Waals surface area contributed by atoms with E-state index in [1.165, 1.54) is 16.7 Å². The topological polar surface area (TPSA) is 88.7 Å². The Bertz CT molecular complexity index is 1480. The highest BCUT2D eigenvalue weighted by atomic mass is 35.5. The van der Waals surface area contributed by atoms with Gasteiger partial charge in [-0.1, -0.05) is 71.4 Å². The van der Waals surface area contributed by atoms with Crippen LogP contribution >= 0.6 is 11.6 Å². The molecule has 3 aromatic carbocycles. The van der Waals surface area contributed by atoms with Gasteiger partial charge in [0, 0.05) is 30.3 Å². The first kappa shape index (κ1) is 26.0. The summed E-state index contributed by atoms with van der Waals surface area (Å²) in [5, 5.41) is 12.5. The van der Waals surface area contributed by atoms with E-state index in [4.69, 9.17) is 16.7 Å². The quantitative estimate of drug-likeness (QED) is 0.256. The van der Waals surface area contributed by atoms with E-state index in [0.717, 1.165) is 16.7 Å². The molecular formula is C29H24ClFN2O4. The summed E-state index contributed by atoms with van der Waals surface area (Å²) in [5.74, 6) is -1.89. The third kappa shape index (κ3) is 6.19. The zero-order valence-corrected chi connectivity index (χ0v) is 20.7. The molecule has 1 unspecified atom stereocenters. The summed E-state index contributed by atoms with van der Waals surface area (Å²) in [6.45, 7) is 0. The number of aromatic nitrogens is 1. The molecule has 188 valence electrons. The average Bonchev–Trinajstić information content (AvgIpc) is 2.87. The van der Waals surface area contributed by atoms with E-state index in [1.807, 2.05) is 36.4 Å². The van der Waals surface area contributed by atoms with Crippen LogP contribution in [0.3, 0.4) is 0 Å². The molecule has 4 rings (SSSR count). The Balaban J connectivity index is 1.68. The summed E-state index contributed by atoms with van der Waals surface area (Å²) in [7, 11) is 1.59. The van der Waals surface area contributed by atoms with Gasteiger partial charge in [-0.2, -0.15) is 4.91 Å². The summed E-state index contributed by atoms with van der Waals surface area (Å²) in [6, 6.07) is 21.4. The van der Waals surface area contributed by atoms with Crippen LogP contribution in [0.15, 0.2) is 95.0 Å². The third-order valence-corrected chi connectivity index (χ3v) is 6.61. The van der Waals surface area contributed by atoms with E-state index >= 15 is 4.39 Å². The average molecular weight is 519 g/mol. The SMILES string of the molecule is Cn1cc(C(C[C@@H](c2ccc(-c3ccc(CC(=O)O)cc3)cc2)c2ccc(Cl)cc2F)N=O)ccc1=O. The second-order valence-electron chi connectivity index (χ2n) is 8.88. The second-order valence-corrected chi connectivity index (χ2v) is 9.31. The molecule has 37 heavy (non-hydrogen) atoms. The molecule has 8 heteroatoms. The van der Waals surface area contributed by atoms with Gasteiger partial charge < -0.3 is 9.67 Å². The number of hydrogen-bond acceptors (Lipinski definition) is 4. The predicted octanol–water partition coefficient (Wildman–Crippen LogP) is 6.50. The molecule has 0 bridgehead atoms. The lowest BCUT2D eigenvalue weighted by Gasteiger charge is -2.22. The third-order valence-electron chi connectivity index (χ3n) is 6.37. The molecule has 0 fully saturated rings. The van der Waals surface area contributed by atoms with Crippen molar-refractivity contribution in [2.45, 2.75) is 24.8 Å². The van der Waals surface area contributed by atoms with Gasteiger partial charge in [-0.05, 0) is 58.0 Å². The monoisotopic (exact) mass is 518 g/mol. The van der Waals surface area contributed by atoms with E-state index < -0.39 is 23.7 Å². The van der Waals surface area contributed by atoms with Crippen molar-refractivity contribution in [3.63, 3.8) is 0 Å². The molecule has 0 spiro atoms. The molecule has 0 aliphatic carbocycles. The van der Waals surface area contributed by atoms with Gasteiger partial charge in [0.1, 0.15) is 11.9 Å². The Labute approximate surface area is 218 Å². The minimum atomic E-state index is -0.890. The van der Waals surface area contributed by atoms with Gasteiger partial charge in [0.25, 0.3) is 0 Å². The van der Waals surface area contributed by atoms with Gasteiger partial charge in [0.05, 0.1) is 6.42 Å². The number of benzene rings is 3. The van der Waals surface area contributed by atoms with Crippen molar-refractivity contribution in [2.24, 2.45) is 12.2 Å². The van der Waals surface area contributed by atoms with E-state index in [9.17, 15) is 14.5 Å². The Hall–Kier alpha value is -4.10. The molecule has 0 radical (unpaired) electrons. The Morgan fingerprint density at radius 1 is 0.973 bits per heavy atom. The molecule has 0 saturated carbocycles. The molecule has 0 aliphatic rings. The molecule has 6 nitrogen and oxygen atoms in total. The fourth-order valence-electron chi connectivity index (χ4n) is 4.40. The maximum absolute atomic E-state index is 15.1. The van der Waals surface area contributed by atoms with Crippen molar-refractivity contribution < 1.29 is 14.3 Å². The van der Waals surface area contributed by atoms with Gasteiger partial charge in [-0.15, -0.1) is 0 Å². The highest BCUT2D eigenvalue weighted by Gasteiger charge is 2.25. The van der Waals surface area contributed by atoms with Gasteiger partial charge in [-0.25, -0.2) is 4.39 Å². The smallest absolute Gasteiger partial charge is 0.307 e. The minimum absolute atomic E-state index is 0.0466. The summed E-state index contributed by atoms with van der Waals surface area (Å²) < 4.78 is 16.4. The van der Waals surface area contributed by atoms with Crippen molar-refractivity contribution in [3.05, 3.63) is 133 Å². The van der Waals surface area contributed by atoms with Crippen LogP contribution in [-0.4, -0.2) is 15.6 Å². The van der Waals surface area contributed by atoms with Crippen molar-refractivity contribution in [3.8, 4) is 11.1 Å². The lowest BCUT2D eigenvalue weighted by atomic mass is 9.84. The predicted molar refractivity (Wildman–Crippen MR) is 141 cm³/mol. The molecule has 2 atom stereocenters. The van der Waals surface area contributed by atoms with Crippen LogP contribution in [0.4, 0.5) is 4.39 Å². The summed E-state index contributed by atoms with van der Waals surface area (Å²) in [4.78, 5) is 34.6. The van der Waals surface area contributed by atoms with Gasteiger partial charge in [0.15, 0.2) is 0 Å². The lowest BCUT2D eigenvalue weighted by molar-refractivity contribution is -0.136. The minimum Gasteiger partial charge on any atom is -0.481 e. The first-order chi connectivity index (χ1) is 17.7. The van der Waals surface area contributed by atoms with Gasteiger partial charge in [0.2, 0.25) is 5.56 Å². The van der Waals surface area contributed by atoms with Crippen molar-refractivity contribution in [2.75, 3.05) is 0 Å². The molecule has 0 aliphatic heterocycles. The standard InChI is InChI=1S/C29H24ClFN2O4/c1-33-17-22(10-13-28(33)34)27(32-37)16-25(24-12-11-23(30)15-26(24)31)21-8-6-20(7-9-21)19-4-2-18(3-5-19)14-29(35)36/h2-13,15,17,25,27H,14,16H2,1H3,(H,35,36)/t25-,27?/m0/s1. The first-order valence-corrected chi connectivity index (χ1v) is 12.0. The number of pyridine rings is 1. The number of carboxylic acid groups (broad SMARTS) is 1. The molecule has 1 N–H and O–H groups in total. The van der Waals surface area contributed by atoms with E-state index in [-0.39, 0.29) is 23.4 Å². The fraction of sp³-hybridized carbons (Fsp3) is 0.172. The first-order valence-electron chi connectivity index (χ1n) is 11.6. The van der Waals surface area contributed by atoms with Crippen LogP contribution in [-0.2, 0) is 18.3 Å². The Kier molecular flexibility index (Phi) is 7.94. The number of carbonyl (C=O) groups is 1. The normalized spacial score (nSPS) is 12.6. The number of nitrogens with zero attached hydrogens (tertiary/aromatic N) is 2. The van der Waals surface area contributed by atoms with E-state index in [1.54, 1.807) is 43.6 Å². The maximum Gasteiger partial charge on any atom is 0.307 e. The van der Waals surface area contributed by atoms with Crippen LogP contribution in [0.2, 0.25) is 5.02 Å². The summed E-state index contributed by atoms with van der Waals surface area (Å²) >= 11 is 5.98. The van der Waals surface area contributed by atoms with Crippen molar-refractivity contribution in [1.29, 1.82) is 0 Å². The Morgan fingerprint density at radius 3 is 2.16 bits per heavy atom. The van der Waals surface area contributed by atoms with Crippen LogP contribution < -0.4 is 5.56 Å². The number of halogens is 2. The number of aliphatic carboxylic acids is 1. The highest BCUT2D eigenvalue weighted by molar-refractivity contribution is 6.30. The highest BCUT2D eigenvalue weighted by Crippen LogP contribution is 2.38. The number of aryl methyl sites for hydroxylation is 1. The number of rotatable bonds is 9. The molecule has 0 saturated heterocycles. The van der Waals surface area contributed by atoms with Gasteiger partial charge >= 0.3 is 5.97 Å². The van der Waals surface area contributed by atoms with Crippen LogP contribution in [0, 0.1) is 10.7 Å². The molecule has 4 aromatic rings. The van der Waals surface area contributed by atoms with Crippen molar-refractivity contribution in [1.82, 2.24) is 4.57 Å². The maximum atomic E-state index is 15.1.